The van der Waals surface area contributed by atoms with Crippen molar-refractivity contribution in [3.8, 4) is 11.5 Å². The van der Waals surface area contributed by atoms with Crippen molar-refractivity contribution >= 4 is 0 Å². The molecule has 1 aromatic carbocycles. The summed E-state index contributed by atoms with van der Waals surface area (Å²) in [4.78, 5) is 4.08. The normalized spacial score (nSPS) is 10.5. The molecule has 0 saturated heterocycles. The summed E-state index contributed by atoms with van der Waals surface area (Å²) in [6.45, 7) is 6.57. The maximum absolute atomic E-state index is 5.69. The number of pyridine rings is 1. The number of aromatic nitrogens is 1. The van der Waals surface area contributed by atoms with Gasteiger partial charge in [-0.3, -0.25) is 4.98 Å². The van der Waals surface area contributed by atoms with E-state index >= 15 is 0 Å². The second kappa shape index (κ2) is 9.85. The van der Waals surface area contributed by atoms with Crippen LogP contribution in [0.25, 0.3) is 0 Å². The second-order valence-electron chi connectivity index (χ2n) is 5.16. The van der Waals surface area contributed by atoms with E-state index in [1.165, 1.54) is 5.56 Å². The zero-order chi connectivity index (χ0) is 16.3. The highest BCUT2D eigenvalue weighted by molar-refractivity contribution is 5.43. The van der Waals surface area contributed by atoms with E-state index in [-0.39, 0.29) is 0 Å². The molecule has 0 saturated carbocycles. The van der Waals surface area contributed by atoms with Crippen molar-refractivity contribution in [3.63, 3.8) is 0 Å². The Morgan fingerprint density at radius 1 is 0.957 bits per heavy atom. The molecule has 0 bridgehead atoms. The Hall–Kier alpha value is -2.07. The van der Waals surface area contributed by atoms with Crippen molar-refractivity contribution in [1.82, 2.24) is 4.98 Å². The van der Waals surface area contributed by atoms with Crippen molar-refractivity contribution in [1.29, 1.82) is 0 Å². The van der Waals surface area contributed by atoms with Crippen LogP contribution in [-0.2, 0) is 17.8 Å². The van der Waals surface area contributed by atoms with Crippen LogP contribution in [0, 0.1) is 0 Å². The van der Waals surface area contributed by atoms with Crippen molar-refractivity contribution in [2.24, 2.45) is 0 Å². The molecule has 0 amide bonds. The highest BCUT2D eigenvalue weighted by Crippen LogP contribution is 2.28. The number of aryl methyl sites for hydroxylation is 1. The number of ether oxygens (including phenoxy) is 3. The molecule has 0 fully saturated rings. The molecule has 0 aliphatic heterocycles. The molecule has 0 aliphatic rings. The molecule has 4 heteroatoms. The van der Waals surface area contributed by atoms with Gasteiger partial charge in [0, 0.05) is 19.0 Å². The maximum atomic E-state index is 5.69. The average molecular weight is 315 g/mol. The van der Waals surface area contributed by atoms with Gasteiger partial charge in [-0.1, -0.05) is 12.1 Å². The first-order valence-electron chi connectivity index (χ1n) is 8.18. The second-order valence-corrected chi connectivity index (χ2v) is 5.16. The molecule has 2 rings (SSSR count). The van der Waals surface area contributed by atoms with Crippen molar-refractivity contribution in [2.75, 3.05) is 19.8 Å². The van der Waals surface area contributed by atoms with Gasteiger partial charge in [0.25, 0.3) is 0 Å². The van der Waals surface area contributed by atoms with Crippen molar-refractivity contribution in [3.05, 3.63) is 53.9 Å². The Bertz CT molecular complexity index is 572. The SMILES string of the molecule is CCOc1ccc(CCCOCc2cccnc2)cc1OCC. The summed E-state index contributed by atoms with van der Waals surface area (Å²) in [5, 5.41) is 0. The van der Waals surface area contributed by atoms with E-state index in [0.717, 1.165) is 36.5 Å². The van der Waals surface area contributed by atoms with Gasteiger partial charge in [-0.2, -0.15) is 0 Å². The average Bonchev–Trinajstić information content (AvgIpc) is 2.58. The fourth-order valence-electron chi connectivity index (χ4n) is 2.30. The molecule has 23 heavy (non-hydrogen) atoms. The molecule has 1 aromatic heterocycles. The van der Waals surface area contributed by atoms with E-state index in [0.29, 0.717) is 19.8 Å². The van der Waals surface area contributed by atoms with Crippen LogP contribution in [0.2, 0.25) is 0 Å². The third-order valence-corrected chi connectivity index (χ3v) is 3.35. The fraction of sp³-hybridized carbons (Fsp3) is 0.421. The molecule has 0 spiro atoms. The van der Waals surface area contributed by atoms with Gasteiger partial charge >= 0.3 is 0 Å². The predicted molar refractivity (Wildman–Crippen MR) is 91.0 cm³/mol. The topological polar surface area (TPSA) is 40.6 Å². The Kier molecular flexibility index (Phi) is 7.40. The zero-order valence-electron chi connectivity index (χ0n) is 14.0. The van der Waals surface area contributed by atoms with Gasteiger partial charge in [0.05, 0.1) is 19.8 Å². The molecule has 0 N–H and O–H groups in total. The smallest absolute Gasteiger partial charge is 0.161 e. The summed E-state index contributed by atoms with van der Waals surface area (Å²) < 4.78 is 16.9. The predicted octanol–water partition coefficient (Wildman–Crippen LogP) is 4.03. The Balaban J connectivity index is 1.77. The van der Waals surface area contributed by atoms with Gasteiger partial charge in [0.1, 0.15) is 0 Å². The van der Waals surface area contributed by atoms with Crippen LogP contribution < -0.4 is 9.47 Å². The van der Waals surface area contributed by atoms with Crippen LogP contribution in [0.1, 0.15) is 31.4 Å². The largest absolute Gasteiger partial charge is 0.490 e. The summed E-state index contributed by atoms with van der Waals surface area (Å²) in [6.07, 6.45) is 5.53. The monoisotopic (exact) mass is 315 g/mol. The molecule has 0 aliphatic carbocycles. The van der Waals surface area contributed by atoms with Gasteiger partial charge < -0.3 is 14.2 Å². The minimum Gasteiger partial charge on any atom is -0.490 e. The lowest BCUT2D eigenvalue weighted by atomic mass is 10.1. The maximum Gasteiger partial charge on any atom is 0.161 e. The molecule has 0 atom stereocenters. The van der Waals surface area contributed by atoms with Crippen LogP contribution in [0.4, 0.5) is 0 Å². The van der Waals surface area contributed by atoms with E-state index in [4.69, 9.17) is 14.2 Å². The van der Waals surface area contributed by atoms with E-state index in [1.807, 2.05) is 38.2 Å². The molecule has 0 radical (unpaired) electrons. The number of benzene rings is 1. The molecule has 2 aromatic rings. The number of rotatable bonds is 10. The third-order valence-electron chi connectivity index (χ3n) is 3.35. The fourth-order valence-corrected chi connectivity index (χ4v) is 2.30. The van der Waals surface area contributed by atoms with Crippen LogP contribution >= 0.6 is 0 Å². The highest BCUT2D eigenvalue weighted by atomic mass is 16.5. The van der Waals surface area contributed by atoms with Gasteiger partial charge in [-0.05, 0) is 56.0 Å². The number of hydrogen-bond donors (Lipinski definition) is 0. The molecule has 124 valence electrons. The Morgan fingerprint density at radius 3 is 2.52 bits per heavy atom. The summed E-state index contributed by atoms with van der Waals surface area (Å²) in [7, 11) is 0. The van der Waals surface area contributed by atoms with Crippen molar-refractivity contribution < 1.29 is 14.2 Å². The standard InChI is InChI=1S/C19H25NO3/c1-3-22-18-10-9-16(13-19(18)23-4-2)8-6-12-21-15-17-7-5-11-20-14-17/h5,7,9-11,13-14H,3-4,6,8,12,15H2,1-2H3. The van der Waals surface area contributed by atoms with E-state index in [1.54, 1.807) is 6.20 Å². The summed E-state index contributed by atoms with van der Waals surface area (Å²) in [6, 6.07) is 10.1. The first-order valence-corrected chi connectivity index (χ1v) is 8.18. The van der Waals surface area contributed by atoms with Crippen LogP contribution in [0.3, 0.4) is 0 Å². The van der Waals surface area contributed by atoms with Gasteiger partial charge in [0.2, 0.25) is 0 Å². The Labute approximate surface area is 138 Å². The first-order chi connectivity index (χ1) is 11.3. The third kappa shape index (κ3) is 5.91. The van der Waals surface area contributed by atoms with Gasteiger partial charge in [0.15, 0.2) is 11.5 Å². The van der Waals surface area contributed by atoms with E-state index in [2.05, 4.69) is 17.1 Å². The number of nitrogens with zero attached hydrogens (tertiary/aromatic N) is 1. The Morgan fingerprint density at radius 2 is 1.78 bits per heavy atom. The summed E-state index contributed by atoms with van der Waals surface area (Å²) in [5.74, 6) is 1.63. The van der Waals surface area contributed by atoms with Gasteiger partial charge in [-0.25, -0.2) is 0 Å². The molecular weight excluding hydrogens is 290 g/mol. The minimum absolute atomic E-state index is 0.612. The van der Waals surface area contributed by atoms with Gasteiger partial charge in [-0.15, -0.1) is 0 Å². The quantitative estimate of drug-likeness (QED) is 0.621. The molecule has 4 nitrogen and oxygen atoms in total. The lowest BCUT2D eigenvalue weighted by Crippen LogP contribution is -2.01. The number of hydrogen-bond acceptors (Lipinski definition) is 4. The molecule has 0 unspecified atom stereocenters. The van der Waals surface area contributed by atoms with E-state index < -0.39 is 0 Å². The van der Waals surface area contributed by atoms with Crippen LogP contribution in [0.15, 0.2) is 42.7 Å². The first kappa shape index (κ1) is 17.3. The molecule has 1 heterocycles. The highest BCUT2D eigenvalue weighted by Gasteiger charge is 2.06. The lowest BCUT2D eigenvalue weighted by molar-refractivity contribution is 0.118. The summed E-state index contributed by atoms with van der Waals surface area (Å²) >= 11 is 0. The lowest BCUT2D eigenvalue weighted by Gasteiger charge is -2.12. The summed E-state index contributed by atoms with van der Waals surface area (Å²) in [5.41, 5.74) is 2.34. The van der Waals surface area contributed by atoms with Crippen LogP contribution in [0.5, 0.6) is 11.5 Å². The van der Waals surface area contributed by atoms with Crippen molar-refractivity contribution in [2.45, 2.75) is 33.3 Å². The molecular formula is C19H25NO3. The van der Waals surface area contributed by atoms with E-state index in [9.17, 15) is 0 Å². The zero-order valence-corrected chi connectivity index (χ0v) is 14.0. The van der Waals surface area contributed by atoms with Crippen LogP contribution in [-0.4, -0.2) is 24.8 Å². The minimum atomic E-state index is 0.612.